The third-order valence-electron chi connectivity index (χ3n) is 3.54. The molecule has 1 aliphatic carbocycles. The maximum atomic E-state index is 11.7. The van der Waals surface area contributed by atoms with Crippen molar-refractivity contribution in [2.45, 2.75) is 64.5 Å². The molecule has 0 bridgehead atoms. The summed E-state index contributed by atoms with van der Waals surface area (Å²) in [6.45, 7) is 4.16. The quantitative estimate of drug-likeness (QED) is 0.714. The SMILES string of the molecule is CCOC(=O)C1CCC(NC(=O)CCC(C)N)CC1. The summed E-state index contributed by atoms with van der Waals surface area (Å²) in [5, 5.41) is 3.02. The van der Waals surface area contributed by atoms with E-state index in [1.807, 2.05) is 13.8 Å². The van der Waals surface area contributed by atoms with Crippen LogP contribution >= 0.6 is 0 Å². The zero-order chi connectivity index (χ0) is 14.3. The van der Waals surface area contributed by atoms with Gasteiger partial charge in [0.05, 0.1) is 12.5 Å². The minimum atomic E-state index is -0.0933. The Morgan fingerprint density at radius 1 is 1.32 bits per heavy atom. The van der Waals surface area contributed by atoms with Gasteiger partial charge < -0.3 is 15.8 Å². The highest BCUT2D eigenvalue weighted by molar-refractivity contribution is 5.76. The molecule has 0 heterocycles. The first-order chi connectivity index (χ1) is 9.02. The van der Waals surface area contributed by atoms with Crippen molar-refractivity contribution in [3.05, 3.63) is 0 Å². The Kier molecular flexibility index (Phi) is 6.84. The molecule has 0 aromatic heterocycles. The van der Waals surface area contributed by atoms with Crippen LogP contribution in [0, 0.1) is 5.92 Å². The van der Waals surface area contributed by atoms with Gasteiger partial charge in [-0.2, -0.15) is 0 Å². The zero-order valence-electron chi connectivity index (χ0n) is 12.0. The van der Waals surface area contributed by atoms with Crippen molar-refractivity contribution in [1.82, 2.24) is 5.32 Å². The van der Waals surface area contributed by atoms with Crippen LogP contribution in [0.15, 0.2) is 0 Å². The lowest BCUT2D eigenvalue weighted by molar-refractivity contribution is -0.149. The highest BCUT2D eigenvalue weighted by Crippen LogP contribution is 2.25. The third-order valence-corrected chi connectivity index (χ3v) is 3.54. The Balaban J connectivity index is 2.22. The number of hydrogen-bond donors (Lipinski definition) is 2. The second-order valence-electron chi connectivity index (χ2n) is 5.38. The van der Waals surface area contributed by atoms with Crippen LogP contribution in [0.2, 0.25) is 0 Å². The lowest BCUT2D eigenvalue weighted by Crippen LogP contribution is -2.39. The van der Waals surface area contributed by atoms with Gasteiger partial charge in [0.25, 0.3) is 0 Å². The number of rotatable bonds is 6. The zero-order valence-corrected chi connectivity index (χ0v) is 12.0. The molecule has 1 amide bonds. The van der Waals surface area contributed by atoms with Crippen LogP contribution in [0.3, 0.4) is 0 Å². The van der Waals surface area contributed by atoms with Gasteiger partial charge >= 0.3 is 5.97 Å². The average molecular weight is 270 g/mol. The van der Waals surface area contributed by atoms with Gasteiger partial charge in [-0.1, -0.05) is 0 Å². The Bertz CT molecular complexity index is 297. The molecule has 3 N–H and O–H groups in total. The molecule has 0 aliphatic heterocycles. The van der Waals surface area contributed by atoms with E-state index in [1.165, 1.54) is 0 Å². The van der Waals surface area contributed by atoms with Crippen molar-refractivity contribution in [3.8, 4) is 0 Å². The van der Waals surface area contributed by atoms with Crippen molar-refractivity contribution < 1.29 is 14.3 Å². The molecule has 0 radical (unpaired) electrons. The van der Waals surface area contributed by atoms with Gasteiger partial charge in [-0.15, -0.1) is 0 Å². The first-order valence-electron chi connectivity index (χ1n) is 7.24. The summed E-state index contributed by atoms with van der Waals surface area (Å²) in [6.07, 6.45) is 4.51. The van der Waals surface area contributed by atoms with E-state index in [0.29, 0.717) is 19.4 Å². The summed E-state index contributed by atoms with van der Waals surface area (Å²) in [5.41, 5.74) is 5.62. The summed E-state index contributed by atoms with van der Waals surface area (Å²) in [6, 6.07) is 0.261. The minimum absolute atomic E-state index is 0.0113. The van der Waals surface area contributed by atoms with E-state index >= 15 is 0 Å². The summed E-state index contributed by atoms with van der Waals surface area (Å²) in [5.74, 6) is -0.0155. The topological polar surface area (TPSA) is 81.4 Å². The van der Waals surface area contributed by atoms with Gasteiger partial charge in [0.2, 0.25) is 5.91 Å². The van der Waals surface area contributed by atoms with Gasteiger partial charge in [-0.25, -0.2) is 0 Å². The molecular weight excluding hydrogens is 244 g/mol. The van der Waals surface area contributed by atoms with Gasteiger partial charge in [-0.3, -0.25) is 9.59 Å². The fourth-order valence-electron chi connectivity index (χ4n) is 2.39. The number of nitrogens with two attached hydrogens (primary N) is 1. The monoisotopic (exact) mass is 270 g/mol. The Hall–Kier alpha value is -1.10. The number of ether oxygens (including phenoxy) is 1. The second-order valence-corrected chi connectivity index (χ2v) is 5.38. The number of esters is 1. The number of carbonyl (C=O) groups is 2. The van der Waals surface area contributed by atoms with E-state index < -0.39 is 0 Å². The van der Waals surface area contributed by atoms with E-state index in [4.69, 9.17) is 10.5 Å². The molecule has 0 saturated heterocycles. The van der Waals surface area contributed by atoms with Crippen molar-refractivity contribution in [1.29, 1.82) is 0 Å². The van der Waals surface area contributed by atoms with Gasteiger partial charge in [0.1, 0.15) is 0 Å². The lowest BCUT2D eigenvalue weighted by Gasteiger charge is -2.27. The largest absolute Gasteiger partial charge is 0.466 e. The fraction of sp³-hybridized carbons (Fsp3) is 0.857. The molecular formula is C14H26N2O3. The number of hydrogen-bond acceptors (Lipinski definition) is 4. The summed E-state index contributed by atoms with van der Waals surface area (Å²) < 4.78 is 5.02. The van der Waals surface area contributed by atoms with Crippen LogP contribution in [0.5, 0.6) is 0 Å². The Labute approximate surface area is 115 Å². The molecule has 5 nitrogen and oxygen atoms in total. The van der Waals surface area contributed by atoms with Gasteiger partial charge in [-0.05, 0) is 46.0 Å². The Morgan fingerprint density at radius 2 is 1.95 bits per heavy atom. The van der Waals surface area contributed by atoms with E-state index in [2.05, 4.69) is 5.32 Å². The lowest BCUT2D eigenvalue weighted by atomic mass is 9.86. The van der Waals surface area contributed by atoms with E-state index in [0.717, 1.165) is 25.7 Å². The Morgan fingerprint density at radius 3 is 2.47 bits per heavy atom. The molecule has 1 saturated carbocycles. The van der Waals surface area contributed by atoms with Crippen molar-refractivity contribution in [3.63, 3.8) is 0 Å². The average Bonchev–Trinajstić information content (AvgIpc) is 2.37. The van der Waals surface area contributed by atoms with Crippen LogP contribution in [0.1, 0.15) is 52.4 Å². The first kappa shape index (κ1) is 16.0. The van der Waals surface area contributed by atoms with Crippen LogP contribution in [0.4, 0.5) is 0 Å². The number of amides is 1. The van der Waals surface area contributed by atoms with E-state index in [9.17, 15) is 9.59 Å². The molecule has 0 aromatic rings. The molecule has 1 unspecified atom stereocenters. The molecule has 0 aromatic carbocycles. The summed E-state index contributed by atoms with van der Waals surface area (Å²) in [4.78, 5) is 23.3. The van der Waals surface area contributed by atoms with Crippen molar-refractivity contribution in [2.24, 2.45) is 11.7 Å². The van der Waals surface area contributed by atoms with Gasteiger partial charge in [0, 0.05) is 18.5 Å². The van der Waals surface area contributed by atoms with E-state index in [1.54, 1.807) is 0 Å². The summed E-state index contributed by atoms with van der Waals surface area (Å²) >= 11 is 0. The predicted octanol–water partition coefficient (Wildman–Crippen LogP) is 1.35. The normalized spacial score (nSPS) is 24.6. The number of nitrogens with one attached hydrogen (secondary N) is 1. The van der Waals surface area contributed by atoms with Crippen molar-refractivity contribution >= 4 is 11.9 Å². The summed E-state index contributed by atoms with van der Waals surface area (Å²) in [7, 11) is 0. The molecule has 1 aliphatic rings. The molecule has 1 atom stereocenters. The second kappa shape index (κ2) is 8.15. The molecule has 1 fully saturated rings. The number of carbonyl (C=O) groups excluding carboxylic acids is 2. The maximum absolute atomic E-state index is 11.7. The fourth-order valence-corrected chi connectivity index (χ4v) is 2.39. The minimum Gasteiger partial charge on any atom is -0.466 e. The molecule has 1 rings (SSSR count). The molecule has 5 heteroatoms. The van der Waals surface area contributed by atoms with Gasteiger partial charge in [0.15, 0.2) is 0 Å². The van der Waals surface area contributed by atoms with Crippen LogP contribution in [-0.4, -0.2) is 30.6 Å². The highest BCUT2D eigenvalue weighted by atomic mass is 16.5. The molecule has 110 valence electrons. The molecule has 19 heavy (non-hydrogen) atoms. The molecule has 0 spiro atoms. The van der Waals surface area contributed by atoms with Crippen LogP contribution in [-0.2, 0) is 14.3 Å². The predicted molar refractivity (Wildman–Crippen MR) is 73.4 cm³/mol. The maximum Gasteiger partial charge on any atom is 0.308 e. The third kappa shape index (κ3) is 6.05. The van der Waals surface area contributed by atoms with Crippen molar-refractivity contribution in [2.75, 3.05) is 6.61 Å². The van der Waals surface area contributed by atoms with Crippen LogP contribution < -0.4 is 11.1 Å². The van der Waals surface area contributed by atoms with Crippen LogP contribution in [0.25, 0.3) is 0 Å². The first-order valence-corrected chi connectivity index (χ1v) is 7.24. The standard InChI is InChI=1S/C14H26N2O3/c1-3-19-14(18)11-5-7-12(8-6-11)16-13(17)9-4-10(2)15/h10-12H,3-9,15H2,1-2H3,(H,16,17). The van der Waals surface area contributed by atoms with E-state index in [-0.39, 0.29) is 29.9 Å². The highest BCUT2D eigenvalue weighted by Gasteiger charge is 2.27. The smallest absolute Gasteiger partial charge is 0.308 e.